The van der Waals surface area contributed by atoms with Gasteiger partial charge < -0.3 is 0 Å². The van der Waals surface area contributed by atoms with Crippen LogP contribution >= 0.6 is 0 Å². The first-order valence-corrected chi connectivity index (χ1v) is 6.50. The molecule has 1 fully saturated rings. The first-order valence-electron chi connectivity index (χ1n) is 6.50. The second kappa shape index (κ2) is 5.83. The summed E-state index contributed by atoms with van der Waals surface area (Å²) in [6.07, 6.45) is 7.96. The fourth-order valence-electron chi connectivity index (χ4n) is 1.98. The number of fused-ring (bicyclic) bond motifs is 2. The van der Waals surface area contributed by atoms with E-state index in [1.165, 1.54) is 22.6 Å². The van der Waals surface area contributed by atoms with Gasteiger partial charge in [0, 0.05) is 6.20 Å². The van der Waals surface area contributed by atoms with Gasteiger partial charge in [0.2, 0.25) is 0 Å². The van der Waals surface area contributed by atoms with Gasteiger partial charge in [0.05, 0.1) is 5.35 Å². The smallest absolute Gasteiger partial charge is 0.0664 e. The van der Waals surface area contributed by atoms with Crippen LogP contribution in [0.2, 0.25) is 0 Å². The van der Waals surface area contributed by atoms with Crippen LogP contribution in [0.15, 0.2) is 12.3 Å². The summed E-state index contributed by atoms with van der Waals surface area (Å²) in [5.74, 6) is 1.65. The monoisotopic (exact) mass is 217 g/mol. The van der Waals surface area contributed by atoms with E-state index in [1.807, 2.05) is 33.9 Å². The van der Waals surface area contributed by atoms with E-state index < -0.39 is 0 Å². The number of aryl methyl sites for hydroxylation is 1. The van der Waals surface area contributed by atoms with E-state index in [2.05, 4.69) is 30.1 Å². The van der Waals surface area contributed by atoms with Gasteiger partial charge in [-0.15, -0.1) is 0 Å². The maximum absolute atomic E-state index is 4.37. The lowest BCUT2D eigenvalue weighted by Crippen LogP contribution is -2.32. The summed E-state index contributed by atoms with van der Waals surface area (Å²) in [7, 11) is 0. The van der Waals surface area contributed by atoms with Gasteiger partial charge in [-0.05, 0) is 42.0 Å². The minimum Gasteiger partial charge on any atom is -0.257 e. The van der Waals surface area contributed by atoms with Crippen LogP contribution < -0.4 is 10.6 Å². The maximum Gasteiger partial charge on any atom is 0.0664 e. The summed E-state index contributed by atoms with van der Waals surface area (Å²) in [6.45, 7) is 10.2. The second-order valence-corrected chi connectivity index (χ2v) is 3.82. The predicted molar refractivity (Wildman–Crippen MR) is 71.4 cm³/mol. The first kappa shape index (κ1) is 13.0. The van der Waals surface area contributed by atoms with Gasteiger partial charge in [-0.3, -0.25) is 4.98 Å². The molecule has 1 aromatic heterocycles. The van der Waals surface area contributed by atoms with Gasteiger partial charge in [-0.1, -0.05) is 39.8 Å². The molecule has 0 aliphatic heterocycles. The van der Waals surface area contributed by atoms with E-state index >= 15 is 0 Å². The van der Waals surface area contributed by atoms with Crippen LogP contribution in [-0.2, 0) is 0 Å². The fourth-order valence-corrected chi connectivity index (χ4v) is 1.98. The average Bonchev–Trinajstić information content (AvgIpc) is 3.11. The molecule has 1 heteroatoms. The zero-order chi connectivity index (χ0) is 12.1. The topological polar surface area (TPSA) is 12.9 Å². The quantitative estimate of drug-likeness (QED) is 0.651. The number of pyridine rings is 1. The fraction of sp³-hybridized carbons (Fsp3) is 0.533. The largest absolute Gasteiger partial charge is 0.257 e. The molecule has 0 radical (unpaired) electrons. The van der Waals surface area contributed by atoms with Gasteiger partial charge in [-0.25, -0.2) is 0 Å². The standard InChI is InChI=1S/C11H11N.2C2H6/c1-7-2-3-12-11-6-9-4-8(9)5-10(7)11;2*1-2/h2-3,5-6,8-9H,4H2,1H3;2*1-2H3. The lowest BCUT2D eigenvalue weighted by atomic mass is 10.1. The maximum atomic E-state index is 4.37. The minimum absolute atomic E-state index is 0.812. The SMILES string of the molecule is CC.CC.Cc1ccnc2c1=CC1CC1C=2. The molecule has 0 bridgehead atoms. The van der Waals surface area contributed by atoms with E-state index in [0.717, 1.165) is 11.8 Å². The van der Waals surface area contributed by atoms with Crippen molar-refractivity contribution < 1.29 is 0 Å². The Labute approximate surface area is 98.9 Å². The van der Waals surface area contributed by atoms with Crippen molar-refractivity contribution in [2.24, 2.45) is 11.8 Å². The normalized spacial score (nSPS) is 22.8. The number of aromatic nitrogens is 1. The number of nitrogens with zero attached hydrogens (tertiary/aromatic N) is 1. The van der Waals surface area contributed by atoms with Crippen molar-refractivity contribution in [1.82, 2.24) is 4.98 Å². The molecule has 2 aliphatic carbocycles. The Morgan fingerprint density at radius 3 is 2.38 bits per heavy atom. The Balaban J connectivity index is 0.000000291. The van der Waals surface area contributed by atoms with E-state index in [4.69, 9.17) is 0 Å². The van der Waals surface area contributed by atoms with Crippen molar-refractivity contribution in [2.75, 3.05) is 0 Å². The number of rotatable bonds is 0. The van der Waals surface area contributed by atoms with Gasteiger partial charge in [0.1, 0.15) is 0 Å². The van der Waals surface area contributed by atoms with Crippen molar-refractivity contribution in [3.63, 3.8) is 0 Å². The van der Waals surface area contributed by atoms with Crippen LogP contribution in [0.25, 0.3) is 12.2 Å². The van der Waals surface area contributed by atoms with Crippen LogP contribution in [-0.4, -0.2) is 4.98 Å². The highest BCUT2D eigenvalue weighted by Crippen LogP contribution is 2.41. The summed E-state index contributed by atoms with van der Waals surface area (Å²) in [6, 6.07) is 2.09. The molecule has 1 nitrogen and oxygen atoms in total. The summed E-state index contributed by atoms with van der Waals surface area (Å²) in [4.78, 5) is 4.37. The van der Waals surface area contributed by atoms with Crippen LogP contribution in [0.4, 0.5) is 0 Å². The van der Waals surface area contributed by atoms with Gasteiger partial charge >= 0.3 is 0 Å². The van der Waals surface area contributed by atoms with Crippen molar-refractivity contribution in [1.29, 1.82) is 0 Å². The van der Waals surface area contributed by atoms with Crippen LogP contribution in [0.5, 0.6) is 0 Å². The van der Waals surface area contributed by atoms with E-state index in [-0.39, 0.29) is 0 Å². The molecule has 0 saturated heterocycles. The molecule has 1 saturated carbocycles. The Morgan fingerprint density at radius 1 is 1.06 bits per heavy atom. The van der Waals surface area contributed by atoms with Crippen molar-refractivity contribution in [3.8, 4) is 0 Å². The molecule has 88 valence electrons. The molecule has 2 atom stereocenters. The Kier molecular flexibility index (Phi) is 4.72. The van der Waals surface area contributed by atoms with Crippen molar-refractivity contribution in [2.45, 2.75) is 41.0 Å². The third-order valence-corrected chi connectivity index (χ3v) is 2.88. The van der Waals surface area contributed by atoms with Crippen LogP contribution in [0, 0.1) is 18.8 Å². The number of hydrogen-bond acceptors (Lipinski definition) is 1. The molecule has 2 aliphatic rings. The average molecular weight is 217 g/mol. The Morgan fingerprint density at radius 2 is 1.69 bits per heavy atom. The molecule has 0 aromatic carbocycles. The molecule has 0 N–H and O–H groups in total. The summed E-state index contributed by atoms with van der Waals surface area (Å²) < 4.78 is 0. The summed E-state index contributed by atoms with van der Waals surface area (Å²) in [5, 5.41) is 2.57. The third kappa shape index (κ3) is 2.52. The highest BCUT2D eigenvalue weighted by Gasteiger charge is 2.34. The highest BCUT2D eigenvalue weighted by molar-refractivity contribution is 5.49. The molecular weight excluding hydrogens is 194 g/mol. The molecule has 3 rings (SSSR count). The van der Waals surface area contributed by atoms with Gasteiger partial charge in [-0.2, -0.15) is 0 Å². The zero-order valence-corrected chi connectivity index (χ0v) is 11.1. The van der Waals surface area contributed by atoms with Crippen molar-refractivity contribution in [3.05, 3.63) is 28.4 Å². The second-order valence-electron chi connectivity index (χ2n) is 3.82. The number of hydrogen-bond donors (Lipinski definition) is 0. The summed E-state index contributed by atoms with van der Waals surface area (Å²) in [5.41, 5.74) is 1.36. The first-order chi connectivity index (χ1) is 7.84. The molecule has 1 heterocycles. The molecule has 16 heavy (non-hydrogen) atoms. The molecule has 2 unspecified atom stereocenters. The molecule has 0 spiro atoms. The molecule has 0 amide bonds. The van der Waals surface area contributed by atoms with E-state index in [0.29, 0.717) is 0 Å². The van der Waals surface area contributed by atoms with E-state index in [1.54, 1.807) is 0 Å². The molecular formula is C15H23N. The van der Waals surface area contributed by atoms with Crippen LogP contribution in [0.3, 0.4) is 0 Å². The van der Waals surface area contributed by atoms with Gasteiger partial charge in [0.25, 0.3) is 0 Å². The minimum atomic E-state index is 0.812. The predicted octanol–water partition coefficient (Wildman–Crippen LogP) is 2.65. The van der Waals surface area contributed by atoms with Crippen molar-refractivity contribution >= 4 is 12.2 Å². The van der Waals surface area contributed by atoms with Crippen LogP contribution in [0.1, 0.15) is 39.7 Å². The third-order valence-electron chi connectivity index (χ3n) is 2.88. The Bertz CT molecular complexity index is 445. The molecule has 1 aromatic rings. The highest BCUT2D eigenvalue weighted by atomic mass is 14.6. The van der Waals surface area contributed by atoms with Gasteiger partial charge in [0.15, 0.2) is 0 Å². The lowest BCUT2D eigenvalue weighted by molar-refractivity contribution is 1.02. The Hall–Kier alpha value is -1.11. The summed E-state index contributed by atoms with van der Waals surface area (Å²) >= 11 is 0. The van der Waals surface area contributed by atoms with E-state index in [9.17, 15) is 0 Å². The lowest BCUT2D eigenvalue weighted by Gasteiger charge is -2.00. The zero-order valence-electron chi connectivity index (χ0n) is 11.1.